The van der Waals surface area contributed by atoms with Crippen molar-refractivity contribution < 1.29 is 9.90 Å². The first-order valence-electron chi connectivity index (χ1n) is 2.22. The largest absolute Gasteiger partial charge is 0.510 e. The Morgan fingerprint density at radius 3 is 1.88 bits per heavy atom. The Labute approximate surface area is 47.8 Å². The summed E-state index contributed by atoms with van der Waals surface area (Å²) in [5.41, 5.74) is 4.97. The molecule has 46 valence electrons. The van der Waals surface area contributed by atoms with Gasteiger partial charge in [-0.05, 0) is 6.92 Å². The fourth-order valence-corrected chi connectivity index (χ4v) is 0.255. The minimum atomic E-state index is -0.301. The molecule has 8 heavy (non-hydrogen) atoms. The van der Waals surface area contributed by atoms with Crippen LogP contribution in [0.25, 0.3) is 0 Å². The molecule has 0 aromatic carbocycles. The van der Waals surface area contributed by atoms with Crippen molar-refractivity contribution in [1.82, 2.24) is 0 Å². The standard InChI is InChI=1S/C5H9NO2/c1-3(7)5(6)4(2)8/h7H,6H2,1-2H3/b5-3+. The van der Waals surface area contributed by atoms with Crippen molar-refractivity contribution in [3.63, 3.8) is 0 Å². The van der Waals surface area contributed by atoms with Crippen LogP contribution in [0.2, 0.25) is 0 Å². The summed E-state index contributed by atoms with van der Waals surface area (Å²) < 4.78 is 0. The maximum absolute atomic E-state index is 10.2. The lowest BCUT2D eigenvalue weighted by Gasteiger charge is -1.93. The van der Waals surface area contributed by atoms with Crippen LogP contribution in [-0.2, 0) is 4.79 Å². The number of carbonyl (C=O) groups excluding carboxylic acids is 1. The summed E-state index contributed by atoms with van der Waals surface area (Å²) in [7, 11) is 0. The molecule has 0 unspecified atom stereocenters. The molecule has 0 aliphatic carbocycles. The van der Waals surface area contributed by atoms with Crippen molar-refractivity contribution in [1.29, 1.82) is 0 Å². The lowest BCUT2D eigenvalue weighted by atomic mass is 10.3. The van der Waals surface area contributed by atoms with Gasteiger partial charge in [0.25, 0.3) is 0 Å². The zero-order valence-electron chi connectivity index (χ0n) is 4.93. The summed E-state index contributed by atoms with van der Waals surface area (Å²) >= 11 is 0. The van der Waals surface area contributed by atoms with Crippen LogP contribution in [0.1, 0.15) is 13.8 Å². The number of allylic oxidation sites excluding steroid dienone is 2. The number of rotatable bonds is 1. The summed E-state index contributed by atoms with van der Waals surface area (Å²) in [6.45, 7) is 2.67. The summed E-state index contributed by atoms with van der Waals surface area (Å²) in [4.78, 5) is 10.2. The van der Waals surface area contributed by atoms with Gasteiger partial charge >= 0.3 is 0 Å². The Bertz CT molecular complexity index is 133. The van der Waals surface area contributed by atoms with Gasteiger partial charge in [-0.2, -0.15) is 0 Å². The second-order valence-electron chi connectivity index (χ2n) is 1.56. The molecule has 0 saturated carbocycles. The van der Waals surface area contributed by atoms with Gasteiger partial charge < -0.3 is 10.8 Å². The zero-order chi connectivity index (χ0) is 6.73. The van der Waals surface area contributed by atoms with Gasteiger partial charge in [-0.3, -0.25) is 4.79 Å². The molecule has 0 aromatic rings. The van der Waals surface area contributed by atoms with Crippen LogP contribution < -0.4 is 5.73 Å². The lowest BCUT2D eigenvalue weighted by Crippen LogP contribution is -2.09. The SMILES string of the molecule is CC(=O)/C(N)=C(/C)O. The van der Waals surface area contributed by atoms with Crippen LogP contribution >= 0.6 is 0 Å². The molecule has 0 amide bonds. The first-order valence-corrected chi connectivity index (χ1v) is 2.22. The third-order valence-electron chi connectivity index (χ3n) is 0.769. The van der Waals surface area contributed by atoms with Gasteiger partial charge in [0.15, 0.2) is 5.78 Å². The predicted molar refractivity (Wildman–Crippen MR) is 30.2 cm³/mol. The maximum atomic E-state index is 10.2. The fraction of sp³-hybridized carbons (Fsp3) is 0.400. The van der Waals surface area contributed by atoms with E-state index in [1.54, 1.807) is 0 Å². The summed E-state index contributed by atoms with van der Waals surface area (Å²) in [5.74, 6) is -0.414. The van der Waals surface area contributed by atoms with Crippen molar-refractivity contribution >= 4 is 5.78 Å². The van der Waals surface area contributed by atoms with E-state index >= 15 is 0 Å². The van der Waals surface area contributed by atoms with Crippen molar-refractivity contribution in [3.8, 4) is 0 Å². The number of aliphatic hydroxyl groups is 1. The van der Waals surface area contributed by atoms with E-state index in [1.165, 1.54) is 13.8 Å². The number of ketones is 1. The number of Topliss-reactive ketones (excluding diaryl/α,β-unsaturated/α-hetero) is 1. The molecular formula is C5H9NO2. The molecule has 0 fully saturated rings. The van der Waals surface area contributed by atoms with Gasteiger partial charge in [0.2, 0.25) is 0 Å². The third kappa shape index (κ3) is 1.64. The average Bonchev–Trinajstić information content (AvgIpc) is 1.64. The van der Waals surface area contributed by atoms with Crippen LogP contribution in [0, 0.1) is 0 Å². The molecular weight excluding hydrogens is 106 g/mol. The Balaban J connectivity index is 4.23. The maximum Gasteiger partial charge on any atom is 0.178 e. The van der Waals surface area contributed by atoms with Gasteiger partial charge in [-0.15, -0.1) is 0 Å². The topological polar surface area (TPSA) is 63.3 Å². The average molecular weight is 115 g/mol. The minimum absolute atomic E-state index is 0.0648. The Hall–Kier alpha value is -0.990. The normalized spacial score (nSPS) is 12.8. The highest BCUT2D eigenvalue weighted by Gasteiger charge is 1.98. The molecule has 0 bridgehead atoms. The first-order chi connectivity index (χ1) is 3.55. The second-order valence-corrected chi connectivity index (χ2v) is 1.56. The number of aliphatic hydroxyl groups excluding tert-OH is 1. The molecule has 0 atom stereocenters. The quantitative estimate of drug-likeness (QED) is 0.382. The van der Waals surface area contributed by atoms with Crippen LogP contribution in [0.15, 0.2) is 11.5 Å². The van der Waals surface area contributed by atoms with Crippen molar-refractivity contribution in [2.24, 2.45) is 5.73 Å². The third-order valence-corrected chi connectivity index (χ3v) is 0.769. The second kappa shape index (κ2) is 2.35. The summed E-state index contributed by atoms with van der Waals surface area (Å²) in [6, 6.07) is 0. The molecule has 3 heteroatoms. The van der Waals surface area contributed by atoms with E-state index in [0.717, 1.165) is 0 Å². The highest BCUT2D eigenvalue weighted by atomic mass is 16.3. The lowest BCUT2D eigenvalue weighted by molar-refractivity contribution is -0.113. The molecule has 0 aliphatic rings. The van der Waals surface area contributed by atoms with E-state index in [1.807, 2.05) is 0 Å². The Kier molecular flexibility index (Phi) is 2.06. The molecule has 0 radical (unpaired) electrons. The molecule has 3 N–H and O–H groups in total. The highest BCUT2D eigenvalue weighted by molar-refractivity contribution is 5.92. The minimum Gasteiger partial charge on any atom is -0.510 e. The molecule has 0 rings (SSSR count). The van der Waals surface area contributed by atoms with Gasteiger partial charge in [0.1, 0.15) is 11.5 Å². The molecule has 3 nitrogen and oxygen atoms in total. The Morgan fingerprint density at radius 2 is 1.88 bits per heavy atom. The van der Waals surface area contributed by atoms with Crippen molar-refractivity contribution in [2.45, 2.75) is 13.8 Å². The van der Waals surface area contributed by atoms with E-state index in [-0.39, 0.29) is 17.2 Å². The summed E-state index contributed by atoms with van der Waals surface area (Å²) in [5, 5.41) is 8.53. The molecule has 0 spiro atoms. The summed E-state index contributed by atoms with van der Waals surface area (Å²) in [6.07, 6.45) is 0. The smallest absolute Gasteiger partial charge is 0.178 e. The van der Waals surface area contributed by atoms with Crippen LogP contribution in [0.4, 0.5) is 0 Å². The van der Waals surface area contributed by atoms with Gasteiger partial charge in [-0.1, -0.05) is 0 Å². The predicted octanol–water partition coefficient (Wildman–Crippen LogP) is 0.324. The highest BCUT2D eigenvalue weighted by Crippen LogP contribution is 1.91. The van der Waals surface area contributed by atoms with Crippen molar-refractivity contribution in [2.75, 3.05) is 0 Å². The van der Waals surface area contributed by atoms with Crippen LogP contribution in [0.3, 0.4) is 0 Å². The van der Waals surface area contributed by atoms with E-state index < -0.39 is 0 Å². The van der Waals surface area contributed by atoms with Crippen LogP contribution in [-0.4, -0.2) is 10.9 Å². The molecule has 0 saturated heterocycles. The number of hydrogen-bond donors (Lipinski definition) is 2. The van der Waals surface area contributed by atoms with E-state index in [9.17, 15) is 4.79 Å². The van der Waals surface area contributed by atoms with E-state index in [0.29, 0.717) is 0 Å². The monoisotopic (exact) mass is 115 g/mol. The van der Waals surface area contributed by atoms with Crippen molar-refractivity contribution in [3.05, 3.63) is 11.5 Å². The number of carbonyl (C=O) groups is 1. The van der Waals surface area contributed by atoms with Gasteiger partial charge in [-0.25, -0.2) is 0 Å². The van der Waals surface area contributed by atoms with Gasteiger partial charge in [0, 0.05) is 6.92 Å². The molecule has 0 heterocycles. The van der Waals surface area contributed by atoms with Gasteiger partial charge in [0.05, 0.1) is 0 Å². The molecule has 0 aromatic heterocycles. The number of nitrogens with two attached hydrogens (primary N) is 1. The zero-order valence-corrected chi connectivity index (χ0v) is 4.93. The van der Waals surface area contributed by atoms with E-state index in [4.69, 9.17) is 10.8 Å². The van der Waals surface area contributed by atoms with Crippen LogP contribution in [0.5, 0.6) is 0 Å². The number of hydrogen-bond acceptors (Lipinski definition) is 3. The fourth-order valence-electron chi connectivity index (χ4n) is 0.255. The Morgan fingerprint density at radius 1 is 1.50 bits per heavy atom. The molecule has 0 aliphatic heterocycles. The van der Waals surface area contributed by atoms with E-state index in [2.05, 4.69) is 0 Å². The first kappa shape index (κ1) is 7.01.